The van der Waals surface area contributed by atoms with E-state index in [1.807, 2.05) is 13.8 Å². The summed E-state index contributed by atoms with van der Waals surface area (Å²) in [6.07, 6.45) is 0. The summed E-state index contributed by atoms with van der Waals surface area (Å²) in [5.41, 5.74) is 1.87. The zero-order chi connectivity index (χ0) is 12.1. The number of non-ortho nitro benzene ring substituents is 1. The first-order valence-corrected chi connectivity index (χ1v) is 5.75. The topological polar surface area (TPSA) is 46.4 Å². The highest BCUT2D eigenvalue weighted by molar-refractivity contribution is 6.17. The van der Waals surface area contributed by atoms with Gasteiger partial charge >= 0.3 is 0 Å². The van der Waals surface area contributed by atoms with Crippen LogP contribution >= 0.6 is 11.6 Å². The number of nitro groups is 1. The van der Waals surface area contributed by atoms with Crippen molar-refractivity contribution in [3.05, 3.63) is 33.9 Å². The van der Waals surface area contributed by atoms with Crippen molar-refractivity contribution in [3.8, 4) is 0 Å². The number of nitro benzene ring substituents is 1. The lowest BCUT2D eigenvalue weighted by Gasteiger charge is -2.23. The van der Waals surface area contributed by atoms with Crippen molar-refractivity contribution in [2.75, 3.05) is 18.0 Å². The van der Waals surface area contributed by atoms with Gasteiger partial charge in [0.1, 0.15) is 0 Å². The first kappa shape index (κ1) is 12.8. The molecule has 0 aliphatic heterocycles. The van der Waals surface area contributed by atoms with Gasteiger partial charge in [-0.3, -0.25) is 10.1 Å². The summed E-state index contributed by atoms with van der Waals surface area (Å²) < 4.78 is 0. The van der Waals surface area contributed by atoms with E-state index in [0.29, 0.717) is 0 Å². The van der Waals surface area contributed by atoms with Crippen molar-refractivity contribution in [1.29, 1.82) is 0 Å². The van der Waals surface area contributed by atoms with Gasteiger partial charge in [-0.1, -0.05) is 0 Å². The normalized spacial score (nSPS) is 10.2. The van der Waals surface area contributed by atoms with E-state index in [9.17, 15) is 10.1 Å². The van der Waals surface area contributed by atoms with E-state index in [1.165, 1.54) is 6.07 Å². The summed E-state index contributed by atoms with van der Waals surface area (Å²) in [7, 11) is 0. The summed E-state index contributed by atoms with van der Waals surface area (Å²) >= 11 is 5.82. The molecule has 1 aromatic rings. The van der Waals surface area contributed by atoms with Gasteiger partial charge in [-0.15, -0.1) is 11.6 Å². The maximum Gasteiger partial charge on any atom is 0.269 e. The summed E-state index contributed by atoms with van der Waals surface area (Å²) in [6.45, 7) is 5.81. The third-order valence-corrected chi connectivity index (χ3v) is 2.81. The Bertz CT molecular complexity index is 378. The van der Waals surface area contributed by atoms with Crippen LogP contribution in [0.5, 0.6) is 0 Å². The Morgan fingerprint density at radius 2 is 2.00 bits per heavy atom. The van der Waals surface area contributed by atoms with Gasteiger partial charge in [-0.2, -0.15) is 0 Å². The van der Waals surface area contributed by atoms with Crippen LogP contribution in [0.1, 0.15) is 19.4 Å². The average molecular weight is 243 g/mol. The monoisotopic (exact) mass is 242 g/mol. The molecule has 5 heteroatoms. The Balaban J connectivity index is 3.15. The van der Waals surface area contributed by atoms with E-state index in [-0.39, 0.29) is 11.6 Å². The number of hydrogen-bond donors (Lipinski definition) is 0. The van der Waals surface area contributed by atoms with Crippen LogP contribution in [-0.2, 0) is 5.88 Å². The summed E-state index contributed by atoms with van der Waals surface area (Å²) in [5.74, 6) is 0.285. The standard InChI is InChI=1S/C11H15ClN2O2/c1-3-13(4-2)11-6-5-10(14(15)16)7-9(11)8-12/h5-7H,3-4,8H2,1-2H3. The predicted octanol–water partition coefficient (Wildman–Crippen LogP) is 3.18. The van der Waals surface area contributed by atoms with E-state index in [2.05, 4.69) is 4.90 Å². The number of hydrogen-bond acceptors (Lipinski definition) is 3. The van der Waals surface area contributed by atoms with Crippen LogP contribution in [0.25, 0.3) is 0 Å². The molecule has 16 heavy (non-hydrogen) atoms. The minimum Gasteiger partial charge on any atom is -0.372 e. The zero-order valence-electron chi connectivity index (χ0n) is 9.44. The molecule has 0 saturated carbocycles. The van der Waals surface area contributed by atoms with Crippen molar-refractivity contribution in [3.63, 3.8) is 0 Å². The highest BCUT2D eigenvalue weighted by atomic mass is 35.5. The molecule has 0 spiro atoms. The van der Waals surface area contributed by atoms with Gasteiger partial charge in [0.15, 0.2) is 0 Å². The van der Waals surface area contributed by atoms with Crippen molar-refractivity contribution in [2.45, 2.75) is 19.7 Å². The van der Waals surface area contributed by atoms with Gasteiger partial charge in [0.25, 0.3) is 5.69 Å². The van der Waals surface area contributed by atoms with Crippen LogP contribution in [-0.4, -0.2) is 18.0 Å². The van der Waals surface area contributed by atoms with E-state index in [1.54, 1.807) is 12.1 Å². The fraction of sp³-hybridized carbons (Fsp3) is 0.455. The Hall–Kier alpha value is -1.29. The molecule has 1 aromatic carbocycles. The SMILES string of the molecule is CCN(CC)c1ccc([N+](=O)[O-])cc1CCl. The van der Waals surface area contributed by atoms with Crippen LogP contribution < -0.4 is 4.90 Å². The molecule has 0 saturated heterocycles. The zero-order valence-corrected chi connectivity index (χ0v) is 10.2. The van der Waals surface area contributed by atoms with E-state index in [4.69, 9.17) is 11.6 Å². The molecule has 0 aliphatic carbocycles. The molecule has 0 radical (unpaired) electrons. The molecule has 4 nitrogen and oxygen atoms in total. The van der Waals surface area contributed by atoms with E-state index < -0.39 is 4.92 Å². The second-order valence-corrected chi connectivity index (χ2v) is 3.64. The fourth-order valence-corrected chi connectivity index (χ4v) is 1.88. The Kier molecular flexibility index (Phi) is 4.55. The number of benzene rings is 1. The number of anilines is 1. The summed E-state index contributed by atoms with van der Waals surface area (Å²) in [4.78, 5) is 12.4. The molecular formula is C11H15ClN2O2. The lowest BCUT2D eigenvalue weighted by Crippen LogP contribution is -2.23. The van der Waals surface area contributed by atoms with Gasteiger partial charge < -0.3 is 4.90 Å². The molecule has 0 atom stereocenters. The van der Waals surface area contributed by atoms with E-state index in [0.717, 1.165) is 24.3 Å². The van der Waals surface area contributed by atoms with Crippen LogP contribution in [0.3, 0.4) is 0 Å². The predicted molar refractivity (Wildman–Crippen MR) is 66.2 cm³/mol. The highest BCUT2D eigenvalue weighted by Gasteiger charge is 2.13. The molecule has 88 valence electrons. The van der Waals surface area contributed by atoms with Crippen LogP contribution in [0, 0.1) is 10.1 Å². The van der Waals surface area contributed by atoms with Gasteiger partial charge in [-0.25, -0.2) is 0 Å². The van der Waals surface area contributed by atoms with Gasteiger partial charge in [-0.05, 0) is 25.5 Å². The van der Waals surface area contributed by atoms with Gasteiger partial charge in [0.2, 0.25) is 0 Å². The quantitative estimate of drug-likeness (QED) is 0.453. The van der Waals surface area contributed by atoms with E-state index >= 15 is 0 Å². The molecule has 0 bridgehead atoms. The van der Waals surface area contributed by atoms with Crippen LogP contribution in [0.2, 0.25) is 0 Å². The molecule has 0 N–H and O–H groups in total. The molecule has 0 aliphatic rings. The largest absolute Gasteiger partial charge is 0.372 e. The smallest absolute Gasteiger partial charge is 0.269 e. The molecule has 1 rings (SSSR count). The first-order chi connectivity index (χ1) is 7.63. The lowest BCUT2D eigenvalue weighted by atomic mass is 10.1. The molecule has 0 aromatic heterocycles. The second kappa shape index (κ2) is 5.70. The van der Waals surface area contributed by atoms with Crippen molar-refractivity contribution >= 4 is 23.0 Å². The molecule has 0 heterocycles. The van der Waals surface area contributed by atoms with Crippen molar-refractivity contribution in [1.82, 2.24) is 0 Å². The minimum absolute atomic E-state index is 0.0894. The molecule has 0 unspecified atom stereocenters. The third kappa shape index (κ3) is 2.64. The third-order valence-electron chi connectivity index (χ3n) is 2.52. The van der Waals surface area contributed by atoms with Crippen molar-refractivity contribution < 1.29 is 4.92 Å². The average Bonchev–Trinajstić information content (AvgIpc) is 2.30. The molecule has 0 amide bonds. The van der Waals surface area contributed by atoms with Crippen molar-refractivity contribution in [2.24, 2.45) is 0 Å². The number of nitrogens with zero attached hydrogens (tertiary/aromatic N) is 2. The fourth-order valence-electron chi connectivity index (χ4n) is 1.67. The van der Waals surface area contributed by atoms with Crippen LogP contribution in [0.15, 0.2) is 18.2 Å². The number of rotatable bonds is 5. The Morgan fingerprint density at radius 1 is 1.38 bits per heavy atom. The second-order valence-electron chi connectivity index (χ2n) is 3.38. The van der Waals surface area contributed by atoms with Gasteiger partial charge in [0, 0.05) is 36.8 Å². The minimum atomic E-state index is -0.401. The first-order valence-electron chi connectivity index (χ1n) is 5.22. The Labute approximate surface area is 100.0 Å². The highest BCUT2D eigenvalue weighted by Crippen LogP contribution is 2.26. The number of halogens is 1. The number of alkyl halides is 1. The molecular weight excluding hydrogens is 228 g/mol. The van der Waals surface area contributed by atoms with Crippen LogP contribution in [0.4, 0.5) is 11.4 Å². The van der Waals surface area contributed by atoms with Gasteiger partial charge in [0.05, 0.1) is 4.92 Å². The molecule has 0 fully saturated rings. The summed E-state index contributed by atoms with van der Waals surface area (Å²) in [5, 5.41) is 10.6. The maximum atomic E-state index is 10.6. The Morgan fingerprint density at radius 3 is 2.44 bits per heavy atom. The summed E-state index contributed by atoms with van der Waals surface area (Å²) in [6, 6.07) is 4.83. The maximum absolute atomic E-state index is 10.6. The lowest BCUT2D eigenvalue weighted by molar-refractivity contribution is -0.384.